The monoisotopic (exact) mass is 646 g/mol. The van der Waals surface area contributed by atoms with Crippen LogP contribution in [0.2, 0.25) is 0 Å². The van der Waals surface area contributed by atoms with Crippen LogP contribution in [0.1, 0.15) is 69.2 Å². The molecular weight excluding hydrogens is 593 g/mol. The van der Waals surface area contributed by atoms with Gasteiger partial charge in [0, 0.05) is 56.3 Å². The van der Waals surface area contributed by atoms with Crippen molar-refractivity contribution in [3.63, 3.8) is 0 Å². The molecular formula is C47H54N2. The van der Waals surface area contributed by atoms with Crippen LogP contribution in [-0.2, 0) is 11.8 Å². The molecule has 1 fully saturated rings. The summed E-state index contributed by atoms with van der Waals surface area (Å²) < 4.78 is 0. The van der Waals surface area contributed by atoms with Gasteiger partial charge in [0.05, 0.1) is 0 Å². The van der Waals surface area contributed by atoms with Gasteiger partial charge in [-0.25, -0.2) is 0 Å². The summed E-state index contributed by atoms with van der Waals surface area (Å²) in [4.78, 5) is 4.46. The summed E-state index contributed by atoms with van der Waals surface area (Å²) in [5.41, 5.74) is 14.3. The molecule has 0 aromatic heterocycles. The summed E-state index contributed by atoms with van der Waals surface area (Å²) in [5, 5.41) is 0. The average Bonchev–Trinajstić information content (AvgIpc) is 3.77. The molecule has 0 saturated heterocycles. The summed E-state index contributed by atoms with van der Waals surface area (Å²) in [6.45, 7) is 10.6. The largest absolute Gasteiger partial charge is 0.378 e. The van der Waals surface area contributed by atoms with Crippen LogP contribution in [0.25, 0.3) is 5.57 Å². The van der Waals surface area contributed by atoms with E-state index < -0.39 is 0 Å². The van der Waals surface area contributed by atoms with Crippen molar-refractivity contribution in [3.8, 4) is 0 Å². The molecule has 252 valence electrons. The van der Waals surface area contributed by atoms with Crippen molar-refractivity contribution in [1.82, 2.24) is 0 Å². The number of allylic oxidation sites excluding steroid dienone is 10. The first-order valence-electron chi connectivity index (χ1n) is 18.7. The van der Waals surface area contributed by atoms with Gasteiger partial charge in [0.25, 0.3) is 0 Å². The highest BCUT2D eigenvalue weighted by Gasteiger charge is 2.67. The molecule has 4 atom stereocenters. The van der Waals surface area contributed by atoms with Gasteiger partial charge in [-0.05, 0) is 112 Å². The molecule has 5 aliphatic rings. The van der Waals surface area contributed by atoms with Crippen LogP contribution in [0, 0.1) is 34.5 Å². The third-order valence-corrected chi connectivity index (χ3v) is 14.1. The van der Waals surface area contributed by atoms with E-state index in [9.17, 15) is 0 Å². The van der Waals surface area contributed by atoms with E-state index in [1.807, 2.05) is 0 Å². The van der Waals surface area contributed by atoms with Gasteiger partial charge in [-0.2, -0.15) is 0 Å². The molecule has 0 spiro atoms. The van der Waals surface area contributed by atoms with Gasteiger partial charge in [0.15, 0.2) is 0 Å². The fourth-order valence-electron chi connectivity index (χ4n) is 11.2. The first kappa shape index (κ1) is 32.2. The van der Waals surface area contributed by atoms with E-state index in [-0.39, 0.29) is 22.2 Å². The second-order valence-corrected chi connectivity index (χ2v) is 16.7. The predicted octanol–water partition coefficient (Wildman–Crippen LogP) is 10.8. The maximum absolute atomic E-state index is 2.72. The number of rotatable bonds is 6. The van der Waals surface area contributed by atoms with Crippen LogP contribution in [0.15, 0.2) is 126 Å². The Morgan fingerprint density at radius 3 is 1.92 bits per heavy atom. The van der Waals surface area contributed by atoms with Crippen LogP contribution in [-0.4, -0.2) is 28.2 Å². The van der Waals surface area contributed by atoms with Crippen LogP contribution >= 0.6 is 0 Å². The van der Waals surface area contributed by atoms with Gasteiger partial charge in [0.2, 0.25) is 0 Å². The Morgan fingerprint density at radius 2 is 1.33 bits per heavy atom. The molecule has 5 aliphatic carbocycles. The van der Waals surface area contributed by atoms with Crippen molar-refractivity contribution in [2.75, 3.05) is 38.0 Å². The Balaban J connectivity index is 1.53. The highest BCUT2D eigenvalue weighted by molar-refractivity contribution is 5.92. The minimum absolute atomic E-state index is 0.0154. The van der Waals surface area contributed by atoms with Gasteiger partial charge in [-0.3, -0.25) is 0 Å². The topological polar surface area (TPSA) is 6.48 Å². The molecule has 2 heteroatoms. The van der Waals surface area contributed by atoms with Crippen molar-refractivity contribution in [3.05, 3.63) is 148 Å². The minimum Gasteiger partial charge on any atom is -0.378 e. The minimum atomic E-state index is -0.354. The van der Waals surface area contributed by atoms with Crippen LogP contribution in [0.5, 0.6) is 0 Å². The summed E-state index contributed by atoms with van der Waals surface area (Å²) >= 11 is 0. The smallest absolute Gasteiger partial charge is 0.0396 e. The van der Waals surface area contributed by atoms with Crippen LogP contribution < -0.4 is 9.80 Å². The van der Waals surface area contributed by atoms with E-state index in [1.165, 1.54) is 52.9 Å². The van der Waals surface area contributed by atoms with E-state index >= 15 is 0 Å². The maximum Gasteiger partial charge on any atom is 0.0396 e. The van der Waals surface area contributed by atoms with Crippen molar-refractivity contribution in [2.24, 2.45) is 34.5 Å². The fraction of sp³-hybridized carbons (Fsp3) is 0.404. The van der Waals surface area contributed by atoms with Crippen molar-refractivity contribution >= 4 is 16.9 Å². The molecule has 0 radical (unpaired) electrons. The number of nitrogens with zero attached hydrogens (tertiary/aromatic N) is 2. The van der Waals surface area contributed by atoms with Gasteiger partial charge in [0.1, 0.15) is 0 Å². The third-order valence-electron chi connectivity index (χ3n) is 14.1. The first-order chi connectivity index (χ1) is 23.5. The number of benzene rings is 3. The lowest BCUT2D eigenvalue weighted by molar-refractivity contribution is -0.0546. The standard InChI is InChI=1S/C47H54N2/c1-31-29-41-39-19-13-14-20-40(39)43-38-18-12-9-15-32(38)30-42(43)44(41)46(4,45(31,2)3)47(33-16-10-11-17-33,34-21-25-36(26-22-34)48(5)6)35-23-27-37(28-24-35)49(7)8/h9-12,14-18,20-28,31,33,39,41H,13,19,29-30H2,1-8H3. The molecule has 3 aromatic rings. The molecule has 0 bridgehead atoms. The first-order valence-corrected chi connectivity index (χ1v) is 18.7. The normalized spacial score (nSPS) is 26.8. The number of hydrogen-bond donors (Lipinski definition) is 0. The van der Waals surface area contributed by atoms with E-state index in [4.69, 9.17) is 0 Å². The lowest BCUT2D eigenvalue weighted by Gasteiger charge is -2.68. The highest BCUT2D eigenvalue weighted by atomic mass is 15.1. The number of fused-ring (bicyclic) bond motifs is 6. The Labute approximate surface area is 295 Å². The summed E-state index contributed by atoms with van der Waals surface area (Å²) in [7, 11) is 8.61. The number of anilines is 2. The van der Waals surface area contributed by atoms with E-state index in [0.717, 1.165) is 6.42 Å². The lowest BCUT2D eigenvalue weighted by Crippen LogP contribution is -2.63. The molecule has 2 nitrogen and oxygen atoms in total. The highest BCUT2D eigenvalue weighted by Crippen LogP contribution is 2.74. The Bertz CT molecular complexity index is 1860. The fourth-order valence-corrected chi connectivity index (χ4v) is 11.2. The molecule has 4 unspecified atom stereocenters. The molecule has 1 saturated carbocycles. The molecule has 0 heterocycles. The molecule has 0 aliphatic heterocycles. The maximum atomic E-state index is 2.72. The zero-order chi connectivity index (χ0) is 34.3. The SMILES string of the molecule is CC1CC2C(=C3Cc4ccccc4C3=C3C=CCCC32)C(C)(C(c2ccc(N(C)C)cc2)(c2ccc(N(C)C)cc2)C2C=CC=C2)C1(C)C. The molecule has 3 aromatic carbocycles. The van der Waals surface area contributed by atoms with Crippen molar-refractivity contribution in [1.29, 1.82) is 0 Å². The van der Waals surface area contributed by atoms with E-state index in [2.05, 4.69) is 175 Å². The predicted molar refractivity (Wildman–Crippen MR) is 209 cm³/mol. The van der Waals surface area contributed by atoms with Crippen molar-refractivity contribution in [2.45, 2.75) is 58.8 Å². The summed E-state index contributed by atoms with van der Waals surface area (Å²) in [6.07, 6.45) is 19.3. The Hall–Kier alpha value is -4.04. The van der Waals surface area contributed by atoms with Gasteiger partial charge < -0.3 is 9.80 Å². The van der Waals surface area contributed by atoms with Gasteiger partial charge in [-0.1, -0.05) is 118 Å². The third kappa shape index (κ3) is 4.38. The summed E-state index contributed by atoms with van der Waals surface area (Å²) in [5.74, 6) is 1.83. The molecule has 49 heavy (non-hydrogen) atoms. The molecule has 8 rings (SSSR count). The van der Waals surface area contributed by atoms with Gasteiger partial charge in [-0.15, -0.1) is 0 Å². The van der Waals surface area contributed by atoms with E-state index in [0.29, 0.717) is 17.8 Å². The molecule has 0 N–H and O–H groups in total. The average molecular weight is 647 g/mol. The zero-order valence-corrected chi connectivity index (χ0v) is 30.9. The van der Waals surface area contributed by atoms with Crippen LogP contribution in [0.4, 0.5) is 11.4 Å². The van der Waals surface area contributed by atoms with Crippen molar-refractivity contribution < 1.29 is 0 Å². The second kappa shape index (κ2) is 11.5. The van der Waals surface area contributed by atoms with E-state index in [1.54, 1.807) is 22.3 Å². The lowest BCUT2D eigenvalue weighted by atomic mass is 9.35. The van der Waals surface area contributed by atoms with Gasteiger partial charge >= 0.3 is 0 Å². The zero-order valence-electron chi connectivity index (χ0n) is 30.9. The molecule has 0 amide bonds. The van der Waals surface area contributed by atoms with Crippen LogP contribution in [0.3, 0.4) is 0 Å². The Kier molecular flexibility index (Phi) is 7.56. The quantitative estimate of drug-likeness (QED) is 0.263. The Morgan fingerprint density at radius 1 is 0.735 bits per heavy atom. The summed E-state index contributed by atoms with van der Waals surface area (Å²) in [6, 6.07) is 28.7. The second-order valence-electron chi connectivity index (χ2n) is 16.7. The number of hydrogen-bond acceptors (Lipinski definition) is 2.